The molecule has 35 heavy (non-hydrogen) atoms. The van der Waals surface area contributed by atoms with Gasteiger partial charge in [0.05, 0.1) is 29.5 Å². The molecule has 0 aliphatic rings. The summed E-state index contributed by atoms with van der Waals surface area (Å²) < 4.78 is 30.2. The molecule has 183 valence electrons. The highest BCUT2D eigenvalue weighted by Crippen LogP contribution is 2.18. The second kappa shape index (κ2) is 12.0. The van der Waals surface area contributed by atoms with Crippen molar-refractivity contribution in [2.45, 2.75) is 31.1 Å². The minimum atomic E-state index is -3.60. The number of rotatable bonds is 13. The molecule has 1 unspecified atom stereocenters. The van der Waals surface area contributed by atoms with E-state index in [4.69, 9.17) is 10.2 Å². The highest BCUT2D eigenvalue weighted by Gasteiger charge is 2.28. The molecule has 2 amide bonds. The summed E-state index contributed by atoms with van der Waals surface area (Å²) in [5.74, 6) is -3.00. The number of nitrogens with zero attached hydrogens (tertiary/aromatic N) is 3. The van der Waals surface area contributed by atoms with Crippen LogP contribution >= 0.6 is 0 Å². The van der Waals surface area contributed by atoms with E-state index in [1.165, 1.54) is 6.20 Å². The summed E-state index contributed by atoms with van der Waals surface area (Å²) in [6.45, 7) is 0. The number of pyridine rings is 1. The van der Waals surface area contributed by atoms with Gasteiger partial charge in [-0.05, 0) is 30.5 Å². The fraction of sp³-hybridized carbons (Fsp3) is 0.261. The van der Waals surface area contributed by atoms with Crippen molar-refractivity contribution < 1.29 is 27.2 Å². The van der Waals surface area contributed by atoms with Gasteiger partial charge < -0.3 is 15.5 Å². The molecule has 1 aromatic carbocycles. The van der Waals surface area contributed by atoms with Crippen molar-refractivity contribution >= 4 is 27.4 Å². The van der Waals surface area contributed by atoms with Crippen molar-refractivity contribution in [1.29, 1.82) is 0 Å². The first-order valence-electron chi connectivity index (χ1n) is 10.7. The Morgan fingerprint density at radius 3 is 2.54 bits per heavy atom. The predicted molar refractivity (Wildman–Crippen MR) is 125 cm³/mol. The Hall–Kier alpha value is -3.93. The molecule has 0 spiro atoms. The monoisotopic (exact) mass is 498 g/mol. The van der Waals surface area contributed by atoms with Gasteiger partial charge in [0.25, 0.3) is 5.89 Å². The van der Waals surface area contributed by atoms with Crippen molar-refractivity contribution in [2.24, 2.45) is 5.73 Å². The highest BCUT2D eigenvalue weighted by atomic mass is 32.2. The van der Waals surface area contributed by atoms with Gasteiger partial charge in [0, 0.05) is 18.8 Å². The first kappa shape index (κ1) is 25.7. The summed E-state index contributed by atoms with van der Waals surface area (Å²) in [5.41, 5.74) is 6.27. The van der Waals surface area contributed by atoms with Crippen molar-refractivity contribution in [3.05, 3.63) is 72.7 Å². The van der Waals surface area contributed by atoms with Crippen LogP contribution in [0.15, 0.2) is 59.3 Å². The Bertz CT molecular complexity index is 1260. The highest BCUT2D eigenvalue weighted by molar-refractivity contribution is 7.90. The van der Waals surface area contributed by atoms with E-state index in [0.717, 1.165) is 6.42 Å². The van der Waals surface area contributed by atoms with E-state index in [2.05, 4.69) is 20.5 Å². The van der Waals surface area contributed by atoms with Gasteiger partial charge in [-0.15, -0.1) is 10.2 Å². The number of ketones is 1. The molecule has 1 atom stereocenters. The van der Waals surface area contributed by atoms with Crippen LogP contribution < -0.4 is 11.1 Å². The largest absolute Gasteiger partial charge is 0.413 e. The van der Waals surface area contributed by atoms with Crippen LogP contribution in [0.2, 0.25) is 0 Å². The number of carbonyl (C=O) groups excluding carboxylic acids is 3. The zero-order valence-electron chi connectivity index (χ0n) is 18.7. The van der Waals surface area contributed by atoms with Gasteiger partial charge >= 0.3 is 0 Å². The summed E-state index contributed by atoms with van der Waals surface area (Å²) in [6.07, 6.45) is 4.28. The van der Waals surface area contributed by atoms with Crippen LogP contribution in [0.1, 0.15) is 35.5 Å². The smallest absolute Gasteiger partial charge is 0.286 e. The molecule has 12 heteroatoms. The van der Waals surface area contributed by atoms with Gasteiger partial charge in [0.1, 0.15) is 0 Å². The number of nitrogens with two attached hydrogens (primary N) is 1. The summed E-state index contributed by atoms with van der Waals surface area (Å²) in [7, 11) is -3.60. The first-order chi connectivity index (χ1) is 16.7. The van der Waals surface area contributed by atoms with E-state index in [0.29, 0.717) is 11.1 Å². The summed E-state index contributed by atoms with van der Waals surface area (Å²) in [5, 5.41) is 10.1. The molecular weight excluding hydrogens is 474 g/mol. The Balaban J connectivity index is 1.65. The SMILES string of the molecule is NC(=O)CCCC(NC(=O)[CH]CS(=O)(=O)Cc1ccccc1)C(=O)c1nnc(-c2cccnc2)o1. The van der Waals surface area contributed by atoms with E-state index in [-0.39, 0.29) is 36.8 Å². The number of Topliss-reactive ketones (excluding diaryl/α,β-unsaturated/α-hetero) is 1. The van der Waals surface area contributed by atoms with E-state index in [9.17, 15) is 22.8 Å². The molecule has 2 heterocycles. The Morgan fingerprint density at radius 2 is 1.86 bits per heavy atom. The van der Waals surface area contributed by atoms with Crippen LogP contribution in [0.25, 0.3) is 11.5 Å². The minimum absolute atomic E-state index is 0.000409. The number of amides is 2. The number of sulfone groups is 1. The lowest BCUT2D eigenvalue weighted by Gasteiger charge is -2.15. The van der Waals surface area contributed by atoms with Crippen LogP contribution in [-0.2, 0) is 25.2 Å². The van der Waals surface area contributed by atoms with Gasteiger partial charge in [0.15, 0.2) is 9.84 Å². The van der Waals surface area contributed by atoms with Crippen LogP contribution in [-0.4, -0.2) is 53.0 Å². The van der Waals surface area contributed by atoms with Crippen LogP contribution in [0.4, 0.5) is 0 Å². The molecule has 11 nitrogen and oxygen atoms in total. The molecule has 0 saturated heterocycles. The van der Waals surface area contributed by atoms with Crippen LogP contribution in [0.5, 0.6) is 0 Å². The van der Waals surface area contributed by atoms with Gasteiger partial charge in [-0.25, -0.2) is 8.42 Å². The summed E-state index contributed by atoms with van der Waals surface area (Å²) in [4.78, 5) is 40.5. The number of aromatic nitrogens is 3. The Morgan fingerprint density at radius 1 is 1.09 bits per heavy atom. The quantitative estimate of drug-likeness (QED) is 0.329. The summed E-state index contributed by atoms with van der Waals surface area (Å²) >= 11 is 0. The van der Waals surface area contributed by atoms with Gasteiger partial charge in [-0.1, -0.05) is 30.3 Å². The molecule has 0 aliphatic carbocycles. The lowest BCUT2D eigenvalue weighted by atomic mass is 10.0. The van der Waals surface area contributed by atoms with Crippen LogP contribution in [0, 0.1) is 6.42 Å². The molecule has 3 rings (SSSR count). The minimum Gasteiger partial charge on any atom is -0.413 e. The molecule has 1 radical (unpaired) electrons. The number of primary amides is 1. The van der Waals surface area contributed by atoms with Gasteiger partial charge in [0.2, 0.25) is 23.5 Å². The molecule has 0 bridgehead atoms. The first-order valence-corrected chi connectivity index (χ1v) is 12.5. The molecule has 0 saturated carbocycles. The van der Waals surface area contributed by atoms with Crippen molar-refractivity contribution in [2.75, 3.05) is 5.75 Å². The third-order valence-electron chi connectivity index (χ3n) is 4.85. The molecule has 3 N–H and O–H groups in total. The maximum atomic E-state index is 13.0. The van der Waals surface area contributed by atoms with Crippen molar-refractivity contribution in [1.82, 2.24) is 20.5 Å². The lowest BCUT2D eigenvalue weighted by Crippen LogP contribution is -2.42. The van der Waals surface area contributed by atoms with E-state index >= 15 is 0 Å². The van der Waals surface area contributed by atoms with Crippen molar-refractivity contribution in [3.8, 4) is 11.5 Å². The normalized spacial score (nSPS) is 12.1. The number of nitrogens with one attached hydrogen (secondary N) is 1. The summed E-state index contributed by atoms with van der Waals surface area (Å²) in [6, 6.07) is 10.8. The molecular formula is C23H24N5O6S. The number of carbonyl (C=O) groups is 3. The zero-order valence-corrected chi connectivity index (χ0v) is 19.5. The third kappa shape index (κ3) is 8.10. The number of hydrogen-bond acceptors (Lipinski definition) is 9. The number of hydrogen-bond donors (Lipinski definition) is 2. The average Bonchev–Trinajstić information content (AvgIpc) is 3.33. The molecule has 3 aromatic rings. The Labute approximate surface area is 202 Å². The lowest BCUT2D eigenvalue weighted by molar-refractivity contribution is -0.118. The zero-order chi connectivity index (χ0) is 25.3. The average molecular weight is 499 g/mol. The van der Waals surface area contributed by atoms with Crippen LogP contribution in [0.3, 0.4) is 0 Å². The van der Waals surface area contributed by atoms with E-state index in [1.807, 2.05) is 0 Å². The van der Waals surface area contributed by atoms with E-state index < -0.39 is 39.2 Å². The standard InChI is InChI=1S/C23H24N5O6S/c24-19(29)10-4-9-18(21(31)23-28-27-22(34-23)17-8-5-12-25-14-17)26-20(30)11-13-35(32,33)15-16-6-2-1-3-7-16/h1-3,5-8,11-12,14,18H,4,9-10,13,15H2,(H2,24,29)(H,26,30). The third-order valence-corrected chi connectivity index (χ3v) is 6.29. The molecule has 0 aliphatic heterocycles. The fourth-order valence-corrected chi connectivity index (χ4v) is 4.37. The second-order valence-corrected chi connectivity index (χ2v) is 9.79. The predicted octanol–water partition coefficient (Wildman–Crippen LogP) is 1.27. The fourth-order valence-electron chi connectivity index (χ4n) is 3.15. The maximum absolute atomic E-state index is 13.0. The Kier molecular flexibility index (Phi) is 8.79. The van der Waals surface area contributed by atoms with E-state index in [1.54, 1.807) is 48.7 Å². The van der Waals surface area contributed by atoms with Gasteiger partial charge in [-0.2, -0.15) is 0 Å². The molecule has 0 fully saturated rings. The topological polar surface area (TPSA) is 175 Å². The van der Waals surface area contributed by atoms with Gasteiger partial charge in [-0.3, -0.25) is 19.4 Å². The number of benzene rings is 1. The molecule has 2 aromatic heterocycles. The van der Waals surface area contributed by atoms with Crippen molar-refractivity contribution in [3.63, 3.8) is 0 Å². The second-order valence-electron chi connectivity index (χ2n) is 7.68. The maximum Gasteiger partial charge on any atom is 0.286 e.